The van der Waals surface area contributed by atoms with Crippen LogP contribution >= 0.6 is 0 Å². The third kappa shape index (κ3) is 3.85. The molecule has 0 saturated carbocycles. The fourth-order valence-corrected chi connectivity index (χ4v) is 2.43. The fraction of sp³-hybridized carbons (Fsp3) is 0.600. The summed E-state index contributed by atoms with van der Waals surface area (Å²) in [5.41, 5.74) is 2.30. The molecule has 1 fully saturated rings. The molecule has 112 valence electrons. The molecule has 1 aliphatic rings. The standard InChI is InChI=1S/C15H24N2O3/c1-12(15(18-2)19-3)16-13-4-6-14(7-5-13)17-8-10-20-11-9-17/h4-7,12,15-16H,8-11H2,1-3H3. The molecule has 5 nitrogen and oxygen atoms in total. The molecular weight excluding hydrogens is 256 g/mol. The highest BCUT2D eigenvalue weighted by atomic mass is 16.7. The largest absolute Gasteiger partial charge is 0.378 e. The maximum Gasteiger partial charge on any atom is 0.176 e. The van der Waals surface area contributed by atoms with Crippen LogP contribution in [0.3, 0.4) is 0 Å². The maximum atomic E-state index is 5.37. The van der Waals surface area contributed by atoms with E-state index in [-0.39, 0.29) is 12.3 Å². The van der Waals surface area contributed by atoms with Crippen molar-refractivity contribution in [1.29, 1.82) is 0 Å². The quantitative estimate of drug-likeness (QED) is 0.807. The first-order valence-electron chi connectivity index (χ1n) is 6.99. The number of nitrogens with one attached hydrogen (secondary N) is 1. The second kappa shape index (κ2) is 7.47. The molecule has 0 radical (unpaired) electrons. The van der Waals surface area contributed by atoms with E-state index >= 15 is 0 Å². The van der Waals surface area contributed by atoms with E-state index in [4.69, 9.17) is 14.2 Å². The highest BCUT2D eigenvalue weighted by Crippen LogP contribution is 2.20. The molecule has 1 saturated heterocycles. The van der Waals surface area contributed by atoms with Crippen LogP contribution < -0.4 is 10.2 Å². The first-order valence-corrected chi connectivity index (χ1v) is 6.99. The van der Waals surface area contributed by atoms with Gasteiger partial charge in [-0.15, -0.1) is 0 Å². The first-order chi connectivity index (χ1) is 9.74. The molecule has 1 atom stereocenters. The van der Waals surface area contributed by atoms with Crippen molar-refractivity contribution in [3.63, 3.8) is 0 Å². The summed E-state index contributed by atoms with van der Waals surface area (Å²) >= 11 is 0. The first kappa shape index (κ1) is 15.1. The summed E-state index contributed by atoms with van der Waals surface area (Å²) in [6, 6.07) is 8.52. The van der Waals surface area contributed by atoms with Crippen LogP contribution in [-0.2, 0) is 14.2 Å². The van der Waals surface area contributed by atoms with Crippen molar-refractivity contribution in [2.75, 3.05) is 50.7 Å². The van der Waals surface area contributed by atoms with E-state index in [1.807, 2.05) is 6.92 Å². The molecule has 0 bridgehead atoms. The second-order valence-electron chi connectivity index (χ2n) is 4.92. The zero-order chi connectivity index (χ0) is 14.4. The normalized spacial score (nSPS) is 17.3. The van der Waals surface area contributed by atoms with Gasteiger partial charge in [0.15, 0.2) is 6.29 Å². The predicted molar refractivity (Wildman–Crippen MR) is 80.4 cm³/mol. The summed E-state index contributed by atoms with van der Waals surface area (Å²) in [6.07, 6.45) is -0.256. The molecule has 1 aromatic carbocycles. The molecule has 0 spiro atoms. The van der Waals surface area contributed by atoms with E-state index in [1.165, 1.54) is 5.69 Å². The van der Waals surface area contributed by atoms with Crippen LogP contribution in [-0.4, -0.2) is 52.9 Å². The lowest BCUT2D eigenvalue weighted by Crippen LogP contribution is -2.36. The van der Waals surface area contributed by atoms with Gasteiger partial charge in [0.1, 0.15) is 0 Å². The van der Waals surface area contributed by atoms with E-state index < -0.39 is 0 Å². The number of rotatable bonds is 6. The average Bonchev–Trinajstić information content (AvgIpc) is 2.50. The van der Waals surface area contributed by atoms with Gasteiger partial charge in [0.25, 0.3) is 0 Å². The lowest BCUT2D eigenvalue weighted by Gasteiger charge is -2.29. The van der Waals surface area contributed by atoms with Crippen LogP contribution in [0, 0.1) is 0 Å². The average molecular weight is 280 g/mol. The topological polar surface area (TPSA) is 43.0 Å². The lowest BCUT2D eigenvalue weighted by atomic mass is 10.2. The molecule has 1 heterocycles. The number of ether oxygens (including phenoxy) is 3. The number of benzene rings is 1. The number of methoxy groups -OCH3 is 2. The van der Waals surface area contributed by atoms with Crippen molar-refractivity contribution in [2.24, 2.45) is 0 Å². The van der Waals surface area contributed by atoms with Gasteiger partial charge in [-0.25, -0.2) is 0 Å². The van der Waals surface area contributed by atoms with Gasteiger partial charge >= 0.3 is 0 Å². The van der Waals surface area contributed by atoms with Gasteiger partial charge in [-0.05, 0) is 31.2 Å². The minimum atomic E-state index is -0.256. The Morgan fingerprint density at radius 2 is 1.70 bits per heavy atom. The van der Waals surface area contributed by atoms with Crippen LogP contribution in [0.2, 0.25) is 0 Å². The molecule has 5 heteroatoms. The van der Waals surface area contributed by atoms with Crippen LogP contribution in [0.5, 0.6) is 0 Å². The lowest BCUT2D eigenvalue weighted by molar-refractivity contribution is -0.109. The van der Waals surface area contributed by atoms with Gasteiger partial charge in [0.05, 0.1) is 19.3 Å². The van der Waals surface area contributed by atoms with Crippen LogP contribution in [0.15, 0.2) is 24.3 Å². The smallest absolute Gasteiger partial charge is 0.176 e. The van der Waals surface area contributed by atoms with Crippen LogP contribution in [0.25, 0.3) is 0 Å². The van der Waals surface area contributed by atoms with E-state index in [1.54, 1.807) is 14.2 Å². The van der Waals surface area contributed by atoms with E-state index in [0.29, 0.717) is 0 Å². The number of hydrogen-bond donors (Lipinski definition) is 1. The third-order valence-electron chi connectivity index (χ3n) is 3.51. The minimum absolute atomic E-state index is 0.0826. The van der Waals surface area contributed by atoms with Crippen LogP contribution in [0.4, 0.5) is 11.4 Å². The molecule has 0 aromatic heterocycles. The summed E-state index contributed by atoms with van der Waals surface area (Å²) < 4.78 is 15.9. The summed E-state index contributed by atoms with van der Waals surface area (Å²) in [6.45, 7) is 5.56. The summed E-state index contributed by atoms with van der Waals surface area (Å²) in [5.74, 6) is 0. The Kier molecular flexibility index (Phi) is 5.64. The number of hydrogen-bond acceptors (Lipinski definition) is 5. The molecule has 20 heavy (non-hydrogen) atoms. The fourth-order valence-electron chi connectivity index (χ4n) is 2.43. The van der Waals surface area contributed by atoms with Gasteiger partial charge in [-0.2, -0.15) is 0 Å². The van der Waals surface area contributed by atoms with Crippen molar-refractivity contribution < 1.29 is 14.2 Å². The number of nitrogens with zero attached hydrogens (tertiary/aromatic N) is 1. The minimum Gasteiger partial charge on any atom is -0.378 e. The van der Waals surface area contributed by atoms with Crippen molar-refractivity contribution in [3.8, 4) is 0 Å². The predicted octanol–water partition coefficient (Wildman–Crippen LogP) is 1.94. The molecular formula is C15H24N2O3. The Balaban J connectivity index is 1.93. The van der Waals surface area contributed by atoms with Gasteiger partial charge in [-0.1, -0.05) is 0 Å². The zero-order valence-corrected chi connectivity index (χ0v) is 12.5. The van der Waals surface area contributed by atoms with Gasteiger partial charge in [0.2, 0.25) is 0 Å². The Hall–Kier alpha value is -1.30. The molecule has 0 amide bonds. The molecule has 0 aliphatic carbocycles. The van der Waals surface area contributed by atoms with Gasteiger partial charge < -0.3 is 24.4 Å². The number of morpholine rings is 1. The molecule has 1 aromatic rings. The van der Waals surface area contributed by atoms with Crippen LogP contribution in [0.1, 0.15) is 6.92 Å². The third-order valence-corrected chi connectivity index (χ3v) is 3.51. The summed E-state index contributed by atoms with van der Waals surface area (Å²) in [5, 5.41) is 3.38. The summed E-state index contributed by atoms with van der Waals surface area (Å²) in [4.78, 5) is 2.34. The summed E-state index contributed by atoms with van der Waals surface area (Å²) in [7, 11) is 3.29. The molecule has 1 unspecified atom stereocenters. The number of anilines is 2. The van der Waals surface area contributed by atoms with Gasteiger partial charge in [0, 0.05) is 38.7 Å². The van der Waals surface area contributed by atoms with Crippen molar-refractivity contribution in [2.45, 2.75) is 19.3 Å². The second-order valence-corrected chi connectivity index (χ2v) is 4.92. The molecule has 1 aliphatic heterocycles. The molecule has 1 N–H and O–H groups in total. The van der Waals surface area contributed by atoms with E-state index in [2.05, 4.69) is 34.5 Å². The Morgan fingerprint density at radius 1 is 1.10 bits per heavy atom. The van der Waals surface area contributed by atoms with Crippen molar-refractivity contribution >= 4 is 11.4 Å². The Bertz CT molecular complexity index is 387. The Labute approximate surface area is 120 Å². The highest BCUT2D eigenvalue weighted by Gasteiger charge is 2.15. The van der Waals surface area contributed by atoms with E-state index in [9.17, 15) is 0 Å². The van der Waals surface area contributed by atoms with Gasteiger partial charge in [-0.3, -0.25) is 0 Å². The SMILES string of the molecule is COC(OC)C(C)Nc1ccc(N2CCOCC2)cc1. The van der Waals surface area contributed by atoms with Crippen molar-refractivity contribution in [1.82, 2.24) is 0 Å². The monoisotopic (exact) mass is 280 g/mol. The maximum absolute atomic E-state index is 5.37. The van der Waals surface area contributed by atoms with Crippen molar-refractivity contribution in [3.05, 3.63) is 24.3 Å². The van der Waals surface area contributed by atoms with E-state index in [0.717, 1.165) is 32.0 Å². The molecule has 2 rings (SSSR count). The highest BCUT2D eigenvalue weighted by molar-refractivity contribution is 5.55. The zero-order valence-electron chi connectivity index (χ0n) is 12.5. The Morgan fingerprint density at radius 3 is 2.25 bits per heavy atom.